The monoisotopic (exact) mass is 334 g/mol. The minimum atomic E-state index is -4.34. The minimum Gasteiger partial charge on any atom is -0.342 e. The van der Waals surface area contributed by atoms with Crippen LogP contribution in [-0.4, -0.2) is 28.9 Å². The van der Waals surface area contributed by atoms with Crippen molar-refractivity contribution in [1.29, 1.82) is 0 Å². The lowest BCUT2D eigenvalue weighted by atomic mass is 9.96. The molecule has 1 fully saturated rings. The number of nitrogens with zero attached hydrogens (tertiary/aromatic N) is 2. The van der Waals surface area contributed by atoms with Gasteiger partial charge < -0.3 is 4.90 Å². The smallest absolute Gasteiger partial charge is 0.342 e. The SMILES string of the molecule is O=C(Cc1cccnc1)N1CC[C@@H](c2cccc(C(F)(F)F)c2)C1. The highest BCUT2D eigenvalue weighted by Gasteiger charge is 2.32. The largest absolute Gasteiger partial charge is 0.416 e. The molecular weight excluding hydrogens is 317 g/mol. The molecule has 6 heteroatoms. The average Bonchev–Trinajstić information content (AvgIpc) is 3.05. The van der Waals surface area contributed by atoms with Crippen molar-refractivity contribution in [3.05, 3.63) is 65.5 Å². The Morgan fingerprint density at radius 2 is 2.08 bits per heavy atom. The number of amides is 1. The third kappa shape index (κ3) is 3.75. The maximum atomic E-state index is 12.8. The number of rotatable bonds is 3. The number of alkyl halides is 3. The van der Waals surface area contributed by atoms with Crippen LogP contribution < -0.4 is 0 Å². The van der Waals surface area contributed by atoms with Crippen molar-refractivity contribution in [2.75, 3.05) is 13.1 Å². The molecule has 126 valence electrons. The fraction of sp³-hybridized carbons (Fsp3) is 0.333. The van der Waals surface area contributed by atoms with E-state index >= 15 is 0 Å². The van der Waals surface area contributed by atoms with Gasteiger partial charge in [-0.25, -0.2) is 0 Å². The summed E-state index contributed by atoms with van der Waals surface area (Å²) in [4.78, 5) is 18.0. The van der Waals surface area contributed by atoms with Gasteiger partial charge in [0.05, 0.1) is 12.0 Å². The quantitative estimate of drug-likeness (QED) is 0.858. The summed E-state index contributed by atoms with van der Waals surface area (Å²) in [7, 11) is 0. The van der Waals surface area contributed by atoms with E-state index in [2.05, 4.69) is 4.98 Å². The molecule has 1 amide bonds. The van der Waals surface area contributed by atoms with Crippen LogP contribution in [0.4, 0.5) is 13.2 Å². The predicted molar refractivity (Wildman–Crippen MR) is 83.3 cm³/mol. The first-order valence-corrected chi connectivity index (χ1v) is 7.77. The van der Waals surface area contributed by atoms with Crippen molar-refractivity contribution in [1.82, 2.24) is 9.88 Å². The van der Waals surface area contributed by atoms with Crippen molar-refractivity contribution in [2.24, 2.45) is 0 Å². The van der Waals surface area contributed by atoms with E-state index in [1.165, 1.54) is 12.1 Å². The van der Waals surface area contributed by atoms with E-state index in [0.717, 1.165) is 11.6 Å². The van der Waals surface area contributed by atoms with Gasteiger partial charge in [0.2, 0.25) is 5.91 Å². The van der Waals surface area contributed by atoms with E-state index in [0.29, 0.717) is 25.1 Å². The molecule has 2 heterocycles. The second-order valence-electron chi connectivity index (χ2n) is 5.99. The number of hydrogen-bond acceptors (Lipinski definition) is 2. The molecule has 0 spiro atoms. The first-order valence-electron chi connectivity index (χ1n) is 7.77. The van der Waals surface area contributed by atoms with Crippen molar-refractivity contribution in [3.63, 3.8) is 0 Å². The van der Waals surface area contributed by atoms with Crippen molar-refractivity contribution in [3.8, 4) is 0 Å². The molecule has 2 aromatic rings. The lowest BCUT2D eigenvalue weighted by Crippen LogP contribution is -2.29. The number of hydrogen-bond donors (Lipinski definition) is 0. The molecule has 3 nitrogen and oxygen atoms in total. The molecule has 0 aliphatic carbocycles. The Balaban J connectivity index is 1.66. The van der Waals surface area contributed by atoms with Crippen LogP contribution in [0.15, 0.2) is 48.8 Å². The third-order valence-corrected chi connectivity index (χ3v) is 4.30. The maximum Gasteiger partial charge on any atom is 0.416 e. The van der Waals surface area contributed by atoms with Crippen LogP contribution in [0.2, 0.25) is 0 Å². The zero-order valence-electron chi connectivity index (χ0n) is 13.0. The van der Waals surface area contributed by atoms with Crippen LogP contribution in [0.25, 0.3) is 0 Å². The molecule has 3 rings (SSSR count). The predicted octanol–water partition coefficient (Wildman–Crippen LogP) is 3.66. The summed E-state index contributed by atoms with van der Waals surface area (Å²) in [5, 5.41) is 0. The average molecular weight is 334 g/mol. The molecule has 0 unspecified atom stereocenters. The molecule has 0 radical (unpaired) electrons. The van der Waals surface area contributed by atoms with E-state index in [1.807, 2.05) is 6.07 Å². The van der Waals surface area contributed by atoms with Gasteiger partial charge in [-0.15, -0.1) is 0 Å². The first-order chi connectivity index (χ1) is 11.4. The Bertz CT molecular complexity index is 716. The molecule has 1 aromatic heterocycles. The molecular formula is C18H17F3N2O. The molecule has 0 bridgehead atoms. The minimum absolute atomic E-state index is 0.0162. The van der Waals surface area contributed by atoms with Crippen LogP contribution in [0.3, 0.4) is 0 Å². The van der Waals surface area contributed by atoms with Gasteiger partial charge in [0.25, 0.3) is 0 Å². The standard InChI is InChI=1S/C18H17F3N2O/c19-18(20,21)16-5-1-4-14(10-16)15-6-8-23(12-15)17(24)9-13-3-2-7-22-11-13/h1-5,7,10-11,15H,6,8-9,12H2/t15-/m1/s1. The van der Waals surface area contributed by atoms with Crippen LogP contribution in [0.5, 0.6) is 0 Å². The Hall–Kier alpha value is -2.37. The molecule has 0 N–H and O–H groups in total. The van der Waals surface area contributed by atoms with E-state index in [1.54, 1.807) is 29.4 Å². The fourth-order valence-electron chi connectivity index (χ4n) is 3.02. The van der Waals surface area contributed by atoms with Gasteiger partial charge in [0.1, 0.15) is 0 Å². The Morgan fingerprint density at radius 1 is 1.25 bits per heavy atom. The number of likely N-dealkylation sites (tertiary alicyclic amines) is 1. The number of benzene rings is 1. The number of aromatic nitrogens is 1. The van der Waals surface area contributed by atoms with Crippen LogP contribution in [-0.2, 0) is 17.4 Å². The van der Waals surface area contributed by atoms with Gasteiger partial charge in [-0.05, 0) is 29.7 Å². The summed E-state index contributed by atoms with van der Waals surface area (Å²) < 4.78 is 38.5. The number of halogens is 3. The molecule has 0 saturated carbocycles. The summed E-state index contributed by atoms with van der Waals surface area (Å²) in [6.07, 6.45) is -0.0978. The fourth-order valence-corrected chi connectivity index (χ4v) is 3.02. The topological polar surface area (TPSA) is 33.2 Å². The number of carbonyl (C=O) groups is 1. The van der Waals surface area contributed by atoms with Crippen LogP contribution in [0, 0.1) is 0 Å². The van der Waals surface area contributed by atoms with Crippen LogP contribution in [0.1, 0.15) is 29.0 Å². The van der Waals surface area contributed by atoms with Crippen molar-refractivity contribution in [2.45, 2.75) is 24.9 Å². The second kappa shape index (κ2) is 6.63. The summed E-state index contributed by atoms with van der Waals surface area (Å²) in [6.45, 7) is 1.03. The van der Waals surface area contributed by atoms with Crippen molar-refractivity contribution >= 4 is 5.91 Å². The highest BCUT2D eigenvalue weighted by atomic mass is 19.4. The molecule has 1 aromatic carbocycles. The van der Waals surface area contributed by atoms with E-state index in [-0.39, 0.29) is 18.2 Å². The summed E-state index contributed by atoms with van der Waals surface area (Å²) >= 11 is 0. The summed E-state index contributed by atoms with van der Waals surface area (Å²) in [5.41, 5.74) is 0.839. The zero-order valence-corrected chi connectivity index (χ0v) is 13.0. The molecule has 1 saturated heterocycles. The third-order valence-electron chi connectivity index (χ3n) is 4.30. The summed E-state index contributed by atoms with van der Waals surface area (Å²) in [6, 6.07) is 9.01. The molecule has 24 heavy (non-hydrogen) atoms. The Labute approximate surface area is 138 Å². The van der Waals surface area contributed by atoms with E-state index in [9.17, 15) is 18.0 Å². The number of pyridine rings is 1. The normalized spacial score (nSPS) is 18.0. The van der Waals surface area contributed by atoms with Gasteiger partial charge in [0, 0.05) is 31.4 Å². The Kier molecular flexibility index (Phi) is 4.55. The Morgan fingerprint density at radius 3 is 2.79 bits per heavy atom. The van der Waals surface area contributed by atoms with Crippen LogP contribution >= 0.6 is 0 Å². The highest BCUT2D eigenvalue weighted by molar-refractivity contribution is 5.79. The van der Waals surface area contributed by atoms with Gasteiger partial charge >= 0.3 is 6.18 Å². The van der Waals surface area contributed by atoms with Gasteiger partial charge in [-0.3, -0.25) is 9.78 Å². The van der Waals surface area contributed by atoms with E-state index in [4.69, 9.17) is 0 Å². The zero-order chi connectivity index (χ0) is 17.2. The molecule has 1 aliphatic rings. The maximum absolute atomic E-state index is 12.8. The van der Waals surface area contributed by atoms with Crippen molar-refractivity contribution < 1.29 is 18.0 Å². The first kappa shape index (κ1) is 16.5. The number of carbonyl (C=O) groups excluding carboxylic acids is 1. The lowest BCUT2D eigenvalue weighted by molar-refractivity contribution is -0.137. The van der Waals surface area contributed by atoms with Gasteiger partial charge in [-0.1, -0.05) is 24.3 Å². The molecule has 1 atom stereocenters. The summed E-state index contributed by atoms with van der Waals surface area (Å²) in [5.74, 6) is -0.0670. The second-order valence-corrected chi connectivity index (χ2v) is 5.99. The lowest BCUT2D eigenvalue weighted by Gasteiger charge is -2.17. The van der Waals surface area contributed by atoms with Gasteiger partial charge in [0.15, 0.2) is 0 Å². The van der Waals surface area contributed by atoms with Gasteiger partial charge in [-0.2, -0.15) is 13.2 Å². The molecule has 1 aliphatic heterocycles. The van der Waals surface area contributed by atoms with E-state index < -0.39 is 11.7 Å². The highest BCUT2D eigenvalue weighted by Crippen LogP contribution is 2.33.